The Bertz CT molecular complexity index is 473. The van der Waals surface area contributed by atoms with E-state index in [-0.39, 0.29) is 12.5 Å². The van der Waals surface area contributed by atoms with Gasteiger partial charge in [-0.15, -0.1) is 0 Å². The molecule has 1 aliphatic rings. The van der Waals surface area contributed by atoms with Gasteiger partial charge in [0.05, 0.1) is 6.54 Å². The molecule has 1 saturated carbocycles. The molecule has 0 atom stereocenters. The zero-order valence-corrected chi connectivity index (χ0v) is 12.4. The van der Waals surface area contributed by atoms with Gasteiger partial charge in [-0.1, -0.05) is 0 Å². The second-order valence-corrected chi connectivity index (χ2v) is 5.06. The van der Waals surface area contributed by atoms with Gasteiger partial charge in [-0.2, -0.15) is 0 Å². The molecule has 1 heterocycles. The zero-order valence-electron chi connectivity index (χ0n) is 12.4. The Morgan fingerprint density at radius 1 is 1.30 bits per heavy atom. The van der Waals surface area contributed by atoms with Crippen LogP contribution in [0.5, 0.6) is 0 Å². The molecule has 0 bridgehead atoms. The molecule has 0 radical (unpaired) electrons. The van der Waals surface area contributed by atoms with Crippen LogP contribution >= 0.6 is 0 Å². The normalized spacial score (nSPS) is 13.9. The Labute approximate surface area is 120 Å². The molecule has 1 amide bonds. The van der Waals surface area contributed by atoms with E-state index in [0.29, 0.717) is 12.5 Å². The van der Waals surface area contributed by atoms with Gasteiger partial charge in [0.2, 0.25) is 5.91 Å². The topological polar surface area (TPSA) is 70.2 Å². The molecule has 1 aromatic heterocycles. The second kappa shape index (κ2) is 6.54. The van der Waals surface area contributed by atoms with Crippen LogP contribution in [0.3, 0.4) is 0 Å². The fraction of sp³-hybridized carbons (Fsp3) is 0.643. The first-order chi connectivity index (χ1) is 9.63. The highest BCUT2D eigenvalue weighted by atomic mass is 16.2. The van der Waals surface area contributed by atoms with Gasteiger partial charge in [0.25, 0.3) is 0 Å². The first kappa shape index (κ1) is 14.6. The predicted molar refractivity (Wildman–Crippen MR) is 80.0 cm³/mol. The molecule has 0 unspecified atom stereocenters. The third-order valence-electron chi connectivity index (χ3n) is 3.36. The number of nitrogens with one attached hydrogen (secondary N) is 2. The quantitative estimate of drug-likeness (QED) is 0.793. The first-order valence-corrected chi connectivity index (χ1v) is 7.24. The Morgan fingerprint density at radius 3 is 2.50 bits per heavy atom. The summed E-state index contributed by atoms with van der Waals surface area (Å²) in [4.78, 5) is 22.5. The summed E-state index contributed by atoms with van der Waals surface area (Å²) >= 11 is 0. The molecule has 0 aromatic carbocycles. The lowest BCUT2D eigenvalue weighted by molar-refractivity contribution is -0.127. The van der Waals surface area contributed by atoms with E-state index in [1.165, 1.54) is 0 Å². The average molecular weight is 277 g/mol. The predicted octanol–water partition coefficient (Wildman–Crippen LogP) is 1.68. The number of carbonyl (C=O) groups excluding carboxylic acids is 1. The van der Waals surface area contributed by atoms with E-state index in [9.17, 15) is 4.79 Å². The Kier molecular flexibility index (Phi) is 4.76. The third-order valence-corrected chi connectivity index (χ3v) is 3.36. The average Bonchev–Trinajstić information content (AvgIpc) is 3.28. The summed E-state index contributed by atoms with van der Waals surface area (Å²) in [5, 5.41) is 6.31. The van der Waals surface area contributed by atoms with Gasteiger partial charge in [0.1, 0.15) is 17.5 Å². The Morgan fingerprint density at radius 2 is 1.95 bits per heavy atom. The van der Waals surface area contributed by atoms with Crippen molar-refractivity contribution < 1.29 is 4.79 Å². The number of nitrogens with zero attached hydrogens (tertiary/aromatic N) is 3. The number of anilines is 2. The summed E-state index contributed by atoms with van der Waals surface area (Å²) in [6.45, 7) is 5.78. The lowest BCUT2D eigenvalue weighted by Gasteiger charge is -2.15. The molecular formula is C14H23N5O. The van der Waals surface area contributed by atoms with E-state index in [2.05, 4.69) is 20.6 Å². The Hall–Kier alpha value is -1.85. The van der Waals surface area contributed by atoms with Gasteiger partial charge < -0.3 is 15.5 Å². The van der Waals surface area contributed by atoms with Gasteiger partial charge in [-0.05, 0) is 26.7 Å². The molecule has 2 rings (SSSR count). The fourth-order valence-electron chi connectivity index (χ4n) is 1.83. The summed E-state index contributed by atoms with van der Waals surface area (Å²) in [6, 6.07) is 1.86. The van der Waals surface area contributed by atoms with E-state index < -0.39 is 0 Å². The van der Waals surface area contributed by atoms with Crippen LogP contribution in [0.25, 0.3) is 0 Å². The number of hydrogen-bond donors (Lipinski definition) is 2. The van der Waals surface area contributed by atoms with Crippen molar-refractivity contribution in [3.63, 3.8) is 0 Å². The molecule has 1 aliphatic carbocycles. The van der Waals surface area contributed by atoms with Crippen molar-refractivity contribution >= 4 is 17.5 Å². The lowest BCUT2D eigenvalue weighted by atomic mass is 10.3. The van der Waals surface area contributed by atoms with Crippen molar-refractivity contribution in [3.05, 3.63) is 11.9 Å². The minimum absolute atomic E-state index is 0.0593. The van der Waals surface area contributed by atoms with Gasteiger partial charge in [-0.3, -0.25) is 4.79 Å². The molecule has 6 nitrogen and oxygen atoms in total. The van der Waals surface area contributed by atoms with Crippen LogP contribution in [0.1, 0.15) is 38.4 Å². The van der Waals surface area contributed by atoms with Crippen molar-refractivity contribution in [1.29, 1.82) is 0 Å². The molecular weight excluding hydrogens is 254 g/mol. The SMILES string of the molecule is CCNc1cc(NCC(=O)N(C)CC)nc(C2CC2)n1. The standard InChI is InChI=1S/C14H23N5O/c1-4-15-11-8-12(16-9-13(20)19(3)5-2)18-14(17-11)10-6-7-10/h8,10H,4-7,9H2,1-3H3,(H2,15,16,17,18). The summed E-state index contributed by atoms with van der Waals surface area (Å²) in [6.07, 6.45) is 2.32. The van der Waals surface area contributed by atoms with Crippen molar-refractivity contribution in [2.75, 3.05) is 37.3 Å². The van der Waals surface area contributed by atoms with Gasteiger partial charge in [0.15, 0.2) is 0 Å². The van der Waals surface area contributed by atoms with E-state index >= 15 is 0 Å². The highest BCUT2D eigenvalue weighted by molar-refractivity contribution is 5.80. The molecule has 2 N–H and O–H groups in total. The number of likely N-dealkylation sites (N-methyl/N-ethyl adjacent to an activating group) is 1. The van der Waals surface area contributed by atoms with Gasteiger partial charge in [0, 0.05) is 32.1 Å². The highest BCUT2D eigenvalue weighted by Gasteiger charge is 2.27. The Balaban J connectivity index is 2.04. The number of aromatic nitrogens is 2. The van der Waals surface area contributed by atoms with Crippen LogP contribution in [-0.4, -0.2) is 47.5 Å². The minimum Gasteiger partial charge on any atom is -0.370 e. The molecule has 110 valence electrons. The van der Waals surface area contributed by atoms with E-state index in [0.717, 1.165) is 36.8 Å². The molecule has 0 saturated heterocycles. The summed E-state index contributed by atoms with van der Waals surface area (Å²) in [7, 11) is 1.80. The molecule has 0 aliphatic heterocycles. The van der Waals surface area contributed by atoms with Crippen LogP contribution in [0.2, 0.25) is 0 Å². The number of rotatable bonds is 7. The van der Waals surface area contributed by atoms with Crippen LogP contribution < -0.4 is 10.6 Å². The minimum atomic E-state index is 0.0593. The van der Waals surface area contributed by atoms with Gasteiger partial charge in [-0.25, -0.2) is 9.97 Å². The van der Waals surface area contributed by atoms with Gasteiger partial charge >= 0.3 is 0 Å². The lowest BCUT2D eigenvalue weighted by Crippen LogP contribution is -2.32. The zero-order chi connectivity index (χ0) is 14.5. The highest BCUT2D eigenvalue weighted by Crippen LogP contribution is 2.38. The third kappa shape index (κ3) is 3.82. The van der Waals surface area contributed by atoms with Crippen LogP contribution in [0.15, 0.2) is 6.07 Å². The second-order valence-electron chi connectivity index (χ2n) is 5.06. The number of amides is 1. The summed E-state index contributed by atoms with van der Waals surface area (Å²) in [5.74, 6) is 2.97. The van der Waals surface area contributed by atoms with Crippen molar-refractivity contribution in [2.45, 2.75) is 32.6 Å². The number of hydrogen-bond acceptors (Lipinski definition) is 5. The molecule has 6 heteroatoms. The monoisotopic (exact) mass is 277 g/mol. The number of carbonyl (C=O) groups is 1. The van der Waals surface area contributed by atoms with Crippen molar-refractivity contribution in [1.82, 2.24) is 14.9 Å². The first-order valence-electron chi connectivity index (χ1n) is 7.24. The molecule has 0 spiro atoms. The maximum Gasteiger partial charge on any atom is 0.241 e. The largest absolute Gasteiger partial charge is 0.370 e. The van der Waals surface area contributed by atoms with E-state index in [4.69, 9.17) is 0 Å². The maximum absolute atomic E-state index is 11.8. The smallest absolute Gasteiger partial charge is 0.241 e. The van der Waals surface area contributed by atoms with Crippen LogP contribution in [0.4, 0.5) is 11.6 Å². The molecule has 1 aromatic rings. The van der Waals surface area contributed by atoms with Crippen molar-refractivity contribution in [2.24, 2.45) is 0 Å². The summed E-state index contributed by atoms with van der Waals surface area (Å²) < 4.78 is 0. The van der Waals surface area contributed by atoms with Crippen LogP contribution in [-0.2, 0) is 4.79 Å². The van der Waals surface area contributed by atoms with Crippen molar-refractivity contribution in [3.8, 4) is 0 Å². The molecule has 1 fully saturated rings. The maximum atomic E-state index is 11.8. The summed E-state index contributed by atoms with van der Waals surface area (Å²) in [5.41, 5.74) is 0. The van der Waals surface area contributed by atoms with E-state index in [1.54, 1.807) is 11.9 Å². The fourth-order valence-corrected chi connectivity index (χ4v) is 1.83. The van der Waals surface area contributed by atoms with E-state index in [1.807, 2.05) is 19.9 Å². The van der Waals surface area contributed by atoms with Crippen LogP contribution in [0, 0.1) is 0 Å². The molecule has 20 heavy (non-hydrogen) atoms.